The summed E-state index contributed by atoms with van der Waals surface area (Å²) in [5, 5.41) is 4.40. The van der Waals surface area contributed by atoms with Gasteiger partial charge < -0.3 is 0 Å². The molecule has 1 heterocycles. The van der Waals surface area contributed by atoms with Gasteiger partial charge in [-0.3, -0.25) is 9.48 Å². The third-order valence-electron chi connectivity index (χ3n) is 2.80. The number of benzene rings is 1. The maximum absolute atomic E-state index is 12.0. The van der Waals surface area contributed by atoms with Crippen molar-refractivity contribution in [3.05, 3.63) is 46.7 Å². The van der Waals surface area contributed by atoms with Gasteiger partial charge in [-0.1, -0.05) is 12.1 Å². The maximum Gasteiger partial charge on any atom is 0.149 e. The lowest BCUT2D eigenvalue weighted by Crippen LogP contribution is -2.08. The molecule has 5 heteroatoms. The molecule has 0 N–H and O–H groups in total. The minimum atomic E-state index is 0.194. The van der Waals surface area contributed by atoms with Crippen molar-refractivity contribution in [2.75, 3.05) is 5.75 Å². The summed E-state index contributed by atoms with van der Waals surface area (Å²) in [6, 6.07) is 10.2. The summed E-state index contributed by atoms with van der Waals surface area (Å²) in [5.41, 5.74) is 0.844. The molecule has 0 aliphatic carbocycles. The minimum Gasteiger partial charge on any atom is -0.298 e. The van der Waals surface area contributed by atoms with E-state index in [1.54, 1.807) is 11.8 Å². The Hall–Kier alpha value is -1.07. The van der Waals surface area contributed by atoms with E-state index in [0.29, 0.717) is 18.2 Å². The highest BCUT2D eigenvalue weighted by molar-refractivity contribution is 9.10. The van der Waals surface area contributed by atoms with Crippen LogP contribution in [-0.4, -0.2) is 21.3 Å². The fourth-order valence-electron chi connectivity index (χ4n) is 1.73. The third kappa shape index (κ3) is 4.21. The van der Waals surface area contributed by atoms with E-state index < -0.39 is 0 Å². The van der Waals surface area contributed by atoms with E-state index in [4.69, 9.17) is 0 Å². The Bertz CT molecular complexity index is 595. The largest absolute Gasteiger partial charge is 0.298 e. The van der Waals surface area contributed by atoms with Gasteiger partial charge in [0.25, 0.3) is 0 Å². The molecule has 20 heavy (non-hydrogen) atoms. The Kier molecular flexibility index (Phi) is 5.43. The Morgan fingerprint density at radius 1 is 1.35 bits per heavy atom. The van der Waals surface area contributed by atoms with Crippen LogP contribution in [0.4, 0.5) is 0 Å². The lowest BCUT2D eigenvalue weighted by Gasteiger charge is -2.04. The van der Waals surface area contributed by atoms with E-state index in [0.717, 1.165) is 15.1 Å². The summed E-state index contributed by atoms with van der Waals surface area (Å²) in [6.07, 6.45) is 2.32. The highest BCUT2D eigenvalue weighted by Gasteiger charge is 2.09. The first-order valence-corrected chi connectivity index (χ1v) is 8.27. The van der Waals surface area contributed by atoms with Gasteiger partial charge in [0.05, 0.1) is 17.9 Å². The number of carbonyl (C=O) groups is 1. The molecule has 1 aromatic heterocycles. The summed E-state index contributed by atoms with van der Waals surface area (Å²) < 4.78 is 2.91. The van der Waals surface area contributed by atoms with Crippen LogP contribution >= 0.6 is 27.7 Å². The van der Waals surface area contributed by atoms with Crippen LogP contribution < -0.4 is 0 Å². The molecule has 0 aliphatic heterocycles. The van der Waals surface area contributed by atoms with Crippen LogP contribution in [0.15, 0.2) is 45.9 Å². The highest BCUT2D eigenvalue weighted by Crippen LogP contribution is 2.27. The fraction of sp³-hybridized carbons (Fsp3) is 0.333. The molecule has 0 aliphatic rings. The lowest BCUT2D eigenvalue weighted by atomic mass is 10.2. The molecule has 106 valence electrons. The predicted molar refractivity (Wildman–Crippen MR) is 86.2 cm³/mol. The monoisotopic (exact) mass is 352 g/mol. The Balaban J connectivity index is 1.88. The van der Waals surface area contributed by atoms with Crippen LogP contribution in [0.3, 0.4) is 0 Å². The van der Waals surface area contributed by atoms with E-state index in [1.165, 1.54) is 0 Å². The second-order valence-corrected chi connectivity index (χ2v) is 6.69. The molecule has 3 nitrogen and oxygen atoms in total. The molecule has 0 amide bonds. The van der Waals surface area contributed by atoms with Crippen LogP contribution in [0.25, 0.3) is 0 Å². The number of hydrogen-bond acceptors (Lipinski definition) is 3. The standard InChI is InChI=1S/C15H17BrN2OS/c1-11(2)18-8-7-12(17-18)9-13(19)10-20-15-6-4-3-5-14(15)16/h3-8,11H,9-10H2,1-2H3. The SMILES string of the molecule is CC(C)n1ccc(CC(=O)CSc2ccccc2Br)n1. The maximum atomic E-state index is 12.0. The van der Waals surface area contributed by atoms with E-state index >= 15 is 0 Å². The molecular weight excluding hydrogens is 336 g/mol. The normalized spacial score (nSPS) is 11.0. The summed E-state index contributed by atoms with van der Waals surface area (Å²) in [4.78, 5) is 13.1. The van der Waals surface area contributed by atoms with Gasteiger partial charge in [0.15, 0.2) is 0 Å². The first-order chi connectivity index (χ1) is 9.56. The van der Waals surface area contributed by atoms with Gasteiger partial charge in [-0.2, -0.15) is 5.10 Å². The van der Waals surface area contributed by atoms with Gasteiger partial charge in [0.2, 0.25) is 0 Å². The summed E-state index contributed by atoms with van der Waals surface area (Å²) in [5.74, 6) is 0.664. The van der Waals surface area contributed by atoms with Crippen molar-refractivity contribution < 1.29 is 4.79 Å². The molecule has 0 fully saturated rings. The van der Waals surface area contributed by atoms with Gasteiger partial charge in [0, 0.05) is 21.6 Å². The van der Waals surface area contributed by atoms with Gasteiger partial charge >= 0.3 is 0 Å². The van der Waals surface area contributed by atoms with Crippen LogP contribution in [0.5, 0.6) is 0 Å². The Morgan fingerprint density at radius 2 is 2.10 bits per heavy atom. The number of ketones is 1. The summed E-state index contributed by atoms with van der Waals surface area (Å²) in [6.45, 7) is 4.14. The average Bonchev–Trinajstić information content (AvgIpc) is 2.86. The van der Waals surface area contributed by atoms with Gasteiger partial charge in [-0.05, 0) is 48.0 Å². The zero-order valence-electron chi connectivity index (χ0n) is 11.5. The van der Waals surface area contributed by atoms with Crippen LogP contribution in [0.1, 0.15) is 25.6 Å². The fourth-order valence-corrected chi connectivity index (χ4v) is 3.16. The van der Waals surface area contributed by atoms with Gasteiger partial charge in [-0.25, -0.2) is 0 Å². The van der Waals surface area contributed by atoms with Crippen molar-refractivity contribution in [3.63, 3.8) is 0 Å². The minimum absolute atomic E-state index is 0.194. The predicted octanol–water partition coefficient (Wildman–Crippen LogP) is 4.13. The van der Waals surface area contributed by atoms with Crippen LogP contribution in [-0.2, 0) is 11.2 Å². The number of rotatable bonds is 6. The number of halogens is 1. The first-order valence-electron chi connectivity index (χ1n) is 6.49. The second kappa shape index (κ2) is 7.09. The Morgan fingerprint density at radius 3 is 2.75 bits per heavy atom. The van der Waals surface area contributed by atoms with Gasteiger partial charge in [-0.15, -0.1) is 11.8 Å². The molecule has 0 bridgehead atoms. The van der Waals surface area contributed by atoms with Crippen molar-refractivity contribution in [1.82, 2.24) is 9.78 Å². The molecule has 2 aromatic rings. The number of carbonyl (C=O) groups excluding carboxylic acids is 1. The van der Waals surface area contributed by atoms with E-state index in [9.17, 15) is 4.79 Å². The molecule has 0 spiro atoms. The molecule has 1 aromatic carbocycles. The molecule has 2 rings (SSSR count). The summed E-state index contributed by atoms with van der Waals surface area (Å²) >= 11 is 5.04. The van der Waals surface area contributed by atoms with Crippen molar-refractivity contribution in [2.45, 2.75) is 31.2 Å². The van der Waals surface area contributed by atoms with Crippen molar-refractivity contribution >= 4 is 33.5 Å². The summed E-state index contributed by atoms with van der Waals surface area (Å²) in [7, 11) is 0. The molecule has 0 radical (unpaired) electrons. The van der Waals surface area contributed by atoms with Crippen LogP contribution in [0, 0.1) is 0 Å². The number of Topliss-reactive ketones (excluding diaryl/α,β-unsaturated/α-hetero) is 1. The molecule has 0 saturated heterocycles. The molecule has 0 unspecified atom stereocenters. The lowest BCUT2D eigenvalue weighted by molar-refractivity contribution is -0.116. The van der Waals surface area contributed by atoms with E-state index in [2.05, 4.69) is 34.9 Å². The first kappa shape index (κ1) is 15.3. The number of aromatic nitrogens is 2. The van der Waals surface area contributed by atoms with Crippen molar-refractivity contribution in [1.29, 1.82) is 0 Å². The zero-order chi connectivity index (χ0) is 14.5. The van der Waals surface area contributed by atoms with Gasteiger partial charge in [0.1, 0.15) is 5.78 Å². The molecule has 0 saturated carbocycles. The zero-order valence-corrected chi connectivity index (χ0v) is 13.9. The number of nitrogens with zero attached hydrogens (tertiary/aromatic N) is 2. The number of thioether (sulfide) groups is 1. The smallest absolute Gasteiger partial charge is 0.149 e. The second-order valence-electron chi connectivity index (χ2n) is 4.82. The molecule has 0 atom stereocenters. The van der Waals surface area contributed by atoms with E-state index in [-0.39, 0.29) is 5.78 Å². The third-order valence-corrected chi connectivity index (χ3v) is 4.88. The highest BCUT2D eigenvalue weighted by atomic mass is 79.9. The molecular formula is C15H17BrN2OS. The quantitative estimate of drug-likeness (QED) is 0.733. The average molecular weight is 353 g/mol. The topological polar surface area (TPSA) is 34.9 Å². The van der Waals surface area contributed by atoms with E-state index in [1.807, 2.05) is 41.2 Å². The Labute approximate surface area is 131 Å². The number of hydrogen-bond donors (Lipinski definition) is 0. The van der Waals surface area contributed by atoms with Crippen molar-refractivity contribution in [3.8, 4) is 0 Å². The van der Waals surface area contributed by atoms with Crippen molar-refractivity contribution in [2.24, 2.45) is 0 Å². The van der Waals surface area contributed by atoms with Crippen LogP contribution in [0.2, 0.25) is 0 Å².